The first kappa shape index (κ1) is 13.4. The smallest absolute Gasteiger partial charge is 0.408 e. The van der Waals surface area contributed by atoms with Gasteiger partial charge in [-0.25, -0.2) is 4.79 Å². The summed E-state index contributed by atoms with van der Waals surface area (Å²) in [4.78, 5) is 11.5. The lowest BCUT2D eigenvalue weighted by Crippen LogP contribution is -2.22. The zero-order chi connectivity index (χ0) is 14.1. The van der Waals surface area contributed by atoms with Gasteiger partial charge in [0.25, 0.3) is 0 Å². The molecule has 2 heterocycles. The molecule has 1 aromatic heterocycles. The maximum Gasteiger partial charge on any atom is 0.419 e. The Morgan fingerprint density at radius 1 is 1.50 bits per heavy atom. The highest BCUT2D eigenvalue weighted by Crippen LogP contribution is 2.26. The van der Waals surface area contributed by atoms with Gasteiger partial charge in [-0.3, -0.25) is 4.57 Å². The molecule has 1 fully saturated rings. The second-order valence-corrected chi connectivity index (χ2v) is 5.37. The third-order valence-corrected chi connectivity index (χ3v) is 4.09. The number of rotatable bonds is 4. The van der Waals surface area contributed by atoms with Gasteiger partial charge in [0.1, 0.15) is 0 Å². The topological polar surface area (TPSA) is 56.4 Å². The molecule has 5 heteroatoms. The van der Waals surface area contributed by atoms with Crippen molar-refractivity contribution in [3.63, 3.8) is 0 Å². The fraction of sp³-hybridized carbons (Fsp3) is 0.533. The Kier molecular flexibility index (Phi) is 3.63. The van der Waals surface area contributed by atoms with E-state index in [1.807, 2.05) is 25.2 Å². The summed E-state index contributed by atoms with van der Waals surface area (Å²) >= 11 is 0. The molecular weight excluding hydrogens is 256 g/mol. The Hall–Kier alpha value is -1.59. The van der Waals surface area contributed by atoms with E-state index in [1.165, 1.54) is 4.57 Å². The number of ether oxygens (including phenoxy) is 1. The summed E-state index contributed by atoms with van der Waals surface area (Å²) in [6.45, 7) is 0.869. The van der Waals surface area contributed by atoms with Crippen molar-refractivity contribution in [2.45, 2.75) is 31.4 Å². The fourth-order valence-electron chi connectivity index (χ4n) is 2.88. The molecule has 20 heavy (non-hydrogen) atoms. The zero-order valence-electron chi connectivity index (χ0n) is 11.9. The monoisotopic (exact) mass is 276 g/mol. The summed E-state index contributed by atoms with van der Waals surface area (Å²) in [5.41, 5.74) is 2.60. The molecule has 1 aromatic carbocycles. The average Bonchev–Trinajstić information content (AvgIpc) is 3.05. The van der Waals surface area contributed by atoms with Crippen molar-refractivity contribution in [1.29, 1.82) is 0 Å². The summed E-state index contributed by atoms with van der Waals surface area (Å²) < 4.78 is 12.5. The predicted molar refractivity (Wildman–Crippen MR) is 76.8 cm³/mol. The van der Waals surface area contributed by atoms with Crippen molar-refractivity contribution < 1.29 is 9.15 Å². The van der Waals surface area contributed by atoms with Crippen LogP contribution in [0.5, 0.6) is 0 Å². The maximum absolute atomic E-state index is 11.5. The second kappa shape index (κ2) is 5.42. The van der Waals surface area contributed by atoms with Crippen LogP contribution in [0.4, 0.5) is 0 Å². The van der Waals surface area contributed by atoms with E-state index in [1.54, 1.807) is 7.05 Å². The summed E-state index contributed by atoms with van der Waals surface area (Å²) in [5, 5.41) is 3.32. The SMILES string of the molecule is CNC(CC1CCCO1)c1ccc2c(c1)oc(=O)n2C. The highest BCUT2D eigenvalue weighted by atomic mass is 16.5. The van der Waals surface area contributed by atoms with Gasteiger partial charge in [-0.1, -0.05) is 6.07 Å². The molecule has 0 bridgehead atoms. The standard InChI is InChI=1S/C15H20N2O3/c1-16-12(9-11-4-3-7-19-11)10-5-6-13-14(8-10)20-15(18)17(13)2/h5-6,8,11-12,16H,3-4,7,9H2,1-2H3. The minimum atomic E-state index is -0.322. The molecule has 108 valence electrons. The molecule has 3 rings (SSSR count). The van der Waals surface area contributed by atoms with E-state index in [4.69, 9.17) is 9.15 Å². The summed E-state index contributed by atoms with van der Waals surface area (Å²) in [6, 6.07) is 6.16. The van der Waals surface area contributed by atoms with Crippen LogP contribution >= 0.6 is 0 Å². The second-order valence-electron chi connectivity index (χ2n) is 5.37. The molecule has 0 saturated carbocycles. The Morgan fingerprint density at radius 2 is 2.35 bits per heavy atom. The first-order chi connectivity index (χ1) is 9.69. The summed E-state index contributed by atoms with van der Waals surface area (Å²) in [5.74, 6) is -0.322. The molecule has 0 aliphatic carbocycles. The summed E-state index contributed by atoms with van der Waals surface area (Å²) in [6.07, 6.45) is 3.54. The molecule has 1 aliphatic heterocycles. The van der Waals surface area contributed by atoms with E-state index in [9.17, 15) is 4.79 Å². The largest absolute Gasteiger partial charge is 0.419 e. The summed E-state index contributed by atoms with van der Waals surface area (Å²) in [7, 11) is 3.67. The van der Waals surface area contributed by atoms with Crippen LogP contribution in [-0.4, -0.2) is 24.3 Å². The van der Waals surface area contributed by atoms with Crippen molar-refractivity contribution in [3.05, 3.63) is 34.3 Å². The van der Waals surface area contributed by atoms with E-state index in [0.29, 0.717) is 11.7 Å². The number of aryl methyl sites for hydroxylation is 1. The molecule has 1 N–H and O–H groups in total. The van der Waals surface area contributed by atoms with Gasteiger partial charge < -0.3 is 14.5 Å². The van der Waals surface area contributed by atoms with E-state index in [2.05, 4.69) is 5.32 Å². The number of nitrogens with one attached hydrogen (secondary N) is 1. The lowest BCUT2D eigenvalue weighted by atomic mass is 9.99. The molecule has 2 atom stereocenters. The van der Waals surface area contributed by atoms with Gasteiger partial charge in [-0.05, 0) is 44.0 Å². The maximum atomic E-state index is 11.5. The first-order valence-corrected chi connectivity index (χ1v) is 7.07. The molecule has 0 spiro atoms. The number of benzene rings is 1. The third kappa shape index (κ3) is 2.39. The van der Waals surface area contributed by atoms with Crippen LogP contribution in [0.1, 0.15) is 30.9 Å². The van der Waals surface area contributed by atoms with Crippen molar-refractivity contribution in [2.75, 3.05) is 13.7 Å². The fourth-order valence-corrected chi connectivity index (χ4v) is 2.88. The predicted octanol–water partition coefficient (Wildman–Crippen LogP) is 1.96. The minimum absolute atomic E-state index is 0.216. The number of hydrogen-bond acceptors (Lipinski definition) is 4. The number of fused-ring (bicyclic) bond motifs is 1. The third-order valence-electron chi connectivity index (χ3n) is 4.09. The van der Waals surface area contributed by atoms with E-state index >= 15 is 0 Å². The van der Waals surface area contributed by atoms with Gasteiger partial charge in [0.2, 0.25) is 0 Å². The lowest BCUT2D eigenvalue weighted by molar-refractivity contribution is 0.0954. The van der Waals surface area contributed by atoms with Crippen LogP contribution < -0.4 is 11.1 Å². The molecule has 0 amide bonds. The van der Waals surface area contributed by atoms with Gasteiger partial charge in [0.05, 0.1) is 11.6 Å². The Bertz CT molecular complexity index is 653. The number of oxazole rings is 1. The Labute approximate surface area is 117 Å². The van der Waals surface area contributed by atoms with Crippen LogP contribution in [0.15, 0.2) is 27.4 Å². The van der Waals surface area contributed by atoms with Crippen LogP contribution in [0.2, 0.25) is 0 Å². The Balaban J connectivity index is 1.88. The first-order valence-electron chi connectivity index (χ1n) is 7.07. The minimum Gasteiger partial charge on any atom is -0.408 e. The highest BCUT2D eigenvalue weighted by molar-refractivity contribution is 5.73. The molecule has 2 aromatic rings. The molecule has 2 unspecified atom stereocenters. The van der Waals surface area contributed by atoms with Crippen LogP contribution in [0.3, 0.4) is 0 Å². The Morgan fingerprint density at radius 3 is 3.05 bits per heavy atom. The van der Waals surface area contributed by atoms with E-state index < -0.39 is 0 Å². The lowest BCUT2D eigenvalue weighted by Gasteiger charge is -2.20. The van der Waals surface area contributed by atoms with Gasteiger partial charge in [-0.2, -0.15) is 0 Å². The highest BCUT2D eigenvalue weighted by Gasteiger charge is 2.21. The van der Waals surface area contributed by atoms with Gasteiger partial charge in [0, 0.05) is 19.7 Å². The van der Waals surface area contributed by atoms with E-state index in [-0.39, 0.29) is 11.8 Å². The van der Waals surface area contributed by atoms with Crippen molar-refractivity contribution in [2.24, 2.45) is 7.05 Å². The van der Waals surface area contributed by atoms with Crippen LogP contribution in [0.25, 0.3) is 11.1 Å². The zero-order valence-corrected chi connectivity index (χ0v) is 11.9. The number of hydrogen-bond donors (Lipinski definition) is 1. The molecular formula is C15H20N2O3. The van der Waals surface area contributed by atoms with Gasteiger partial charge in [0.15, 0.2) is 5.58 Å². The quantitative estimate of drug-likeness (QED) is 0.927. The molecule has 5 nitrogen and oxygen atoms in total. The van der Waals surface area contributed by atoms with Gasteiger partial charge in [-0.15, -0.1) is 0 Å². The van der Waals surface area contributed by atoms with Crippen LogP contribution in [0, 0.1) is 0 Å². The number of aromatic nitrogens is 1. The molecule has 1 saturated heterocycles. The van der Waals surface area contributed by atoms with Crippen molar-refractivity contribution in [1.82, 2.24) is 9.88 Å². The van der Waals surface area contributed by atoms with Gasteiger partial charge >= 0.3 is 5.76 Å². The van der Waals surface area contributed by atoms with Crippen molar-refractivity contribution in [3.8, 4) is 0 Å². The molecule has 1 aliphatic rings. The normalized spacial score (nSPS) is 20.6. The van der Waals surface area contributed by atoms with E-state index in [0.717, 1.165) is 36.9 Å². The van der Waals surface area contributed by atoms with Crippen molar-refractivity contribution >= 4 is 11.1 Å². The number of nitrogens with zero attached hydrogens (tertiary/aromatic N) is 1. The average molecular weight is 276 g/mol. The van der Waals surface area contributed by atoms with Crippen LogP contribution in [-0.2, 0) is 11.8 Å². The molecule has 0 radical (unpaired) electrons.